The molecule has 0 aromatic heterocycles. The standard InChI is InChI=1S/C16H20FN3O4S/c1-2-25(23,24)19-9-7-16(8-10-19)14(21)20(15(22)18-16)11-12-3-5-13(17)6-4-12/h3-6H,2,7-11H2,1H3,(H,18,22). The summed E-state index contributed by atoms with van der Waals surface area (Å²) in [4.78, 5) is 26.2. The molecule has 1 aromatic carbocycles. The third-order valence-electron chi connectivity index (χ3n) is 4.83. The van der Waals surface area contributed by atoms with Gasteiger partial charge in [-0.1, -0.05) is 12.1 Å². The number of nitrogens with one attached hydrogen (secondary N) is 1. The van der Waals surface area contributed by atoms with Crippen LogP contribution in [0.4, 0.5) is 9.18 Å². The number of benzene rings is 1. The first-order chi connectivity index (χ1) is 11.8. The Balaban J connectivity index is 1.72. The van der Waals surface area contributed by atoms with E-state index in [1.165, 1.54) is 28.6 Å². The molecule has 1 N–H and O–H groups in total. The molecule has 3 amide bonds. The highest BCUT2D eigenvalue weighted by Crippen LogP contribution is 2.31. The fourth-order valence-corrected chi connectivity index (χ4v) is 4.36. The predicted octanol–water partition coefficient (Wildman–Crippen LogP) is 1.06. The van der Waals surface area contributed by atoms with E-state index in [0.717, 1.165) is 4.90 Å². The summed E-state index contributed by atoms with van der Waals surface area (Å²) in [5.41, 5.74) is -0.399. The quantitative estimate of drug-likeness (QED) is 0.804. The average Bonchev–Trinajstić information content (AvgIpc) is 2.81. The molecule has 2 fully saturated rings. The molecular formula is C16H20FN3O4S. The maximum atomic E-state index is 13.0. The van der Waals surface area contributed by atoms with Crippen molar-refractivity contribution in [2.75, 3.05) is 18.8 Å². The van der Waals surface area contributed by atoms with Gasteiger partial charge in [-0.25, -0.2) is 21.9 Å². The van der Waals surface area contributed by atoms with E-state index >= 15 is 0 Å². The Hall–Kier alpha value is -2.00. The number of hydrogen-bond acceptors (Lipinski definition) is 4. The molecule has 0 unspecified atom stereocenters. The van der Waals surface area contributed by atoms with Gasteiger partial charge in [-0.3, -0.25) is 9.69 Å². The number of urea groups is 1. The molecule has 0 atom stereocenters. The van der Waals surface area contributed by atoms with Crippen molar-refractivity contribution in [2.24, 2.45) is 0 Å². The summed E-state index contributed by atoms with van der Waals surface area (Å²) in [5.74, 6) is -0.728. The highest BCUT2D eigenvalue weighted by atomic mass is 32.2. The van der Waals surface area contributed by atoms with Crippen molar-refractivity contribution < 1.29 is 22.4 Å². The lowest BCUT2D eigenvalue weighted by Crippen LogP contribution is -2.56. The minimum atomic E-state index is -3.30. The Labute approximate surface area is 145 Å². The Bertz CT molecular complexity index is 786. The van der Waals surface area contributed by atoms with Crippen molar-refractivity contribution >= 4 is 22.0 Å². The third kappa shape index (κ3) is 3.25. The number of imide groups is 1. The normalized spacial score (nSPS) is 21.0. The molecule has 1 aromatic rings. The summed E-state index contributed by atoms with van der Waals surface area (Å²) in [5, 5.41) is 2.73. The molecule has 25 heavy (non-hydrogen) atoms. The number of nitrogens with zero attached hydrogens (tertiary/aromatic N) is 2. The number of carbonyl (C=O) groups is 2. The average molecular weight is 369 g/mol. The molecule has 2 aliphatic rings. The molecule has 0 bridgehead atoms. The van der Waals surface area contributed by atoms with E-state index in [2.05, 4.69) is 5.32 Å². The summed E-state index contributed by atoms with van der Waals surface area (Å²) in [6, 6.07) is 5.10. The van der Waals surface area contributed by atoms with E-state index < -0.39 is 21.6 Å². The topological polar surface area (TPSA) is 86.8 Å². The molecule has 136 valence electrons. The first-order valence-corrected chi connectivity index (χ1v) is 9.75. The maximum absolute atomic E-state index is 13.0. The van der Waals surface area contributed by atoms with Gasteiger partial charge in [0.05, 0.1) is 12.3 Å². The van der Waals surface area contributed by atoms with Crippen molar-refractivity contribution in [3.63, 3.8) is 0 Å². The van der Waals surface area contributed by atoms with Gasteiger partial charge >= 0.3 is 6.03 Å². The van der Waals surface area contributed by atoms with Crippen LogP contribution in [0.3, 0.4) is 0 Å². The van der Waals surface area contributed by atoms with E-state index in [-0.39, 0.29) is 50.0 Å². The molecule has 7 nitrogen and oxygen atoms in total. The minimum Gasteiger partial charge on any atom is -0.323 e. The second kappa shape index (κ2) is 6.38. The fraction of sp³-hybridized carbons (Fsp3) is 0.500. The van der Waals surface area contributed by atoms with Crippen LogP contribution in [0.1, 0.15) is 25.3 Å². The van der Waals surface area contributed by atoms with Gasteiger partial charge in [0.25, 0.3) is 5.91 Å². The third-order valence-corrected chi connectivity index (χ3v) is 6.72. The lowest BCUT2D eigenvalue weighted by Gasteiger charge is -2.36. The van der Waals surface area contributed by atoms with Crippen molar-refractivity contribution in [2.45, 2.75) is 31.8 Å². The second-order valence-corrected chi connectivity index (χ2v) is 8.59. The number of rotatable bonds is 4. The molecule has 2 saturated heterocycles. The number of hydrogen-bond donors (Lipinski definition) is 1. The van der Waals surface area contributed by atoms with Crippen molar-refractivity contribution in [1.29, 1.82) is 0 Å². The van der Waals surface area contributed by atoms with Crippen LogP contribution in [-0.2, 0) is 21.4 Å². The zero-order valence-electron chi connectivity index (χ0n) is 13.9. The lowest BCUT2D eigenvalue weighted by atomic mass is 9.88. The van der Waals surface area contributed by atoms with Gasteiger partial charge in [-0.05, 0) is 37.5 Å². The fourth-order valence-electron chi connectivity index (χ4n) is 3.26. The largest absolute Gasteiger partial charge is 0.325 e. The van der Waals surface area contributed by atoms with Crippen LogP contribution >= 0.6 is 0 Å². The summed E-state index contributed by atoms with van der Waals surface area (Å²) in [6.07, 6.45) is 0.493. The number of carbonyl (C=O) groups excluding carboxylic acids is 2. The summed E-state index contributed by atoms with van der Waals surface area (Å²) in [6.45, 7) is 2.04. The van der Waals surface area contributed by atoms with E-state index in [4.69, 9.17) is 0 Å². The Morgan fingerprint density at radius 3 is 2.32 bits per heavy atom. The number of amides is 3. The number of halogens is 1. The first-order valence-electron chi connectivity index (χ1n) is 8.14. The Morgan fingerprint density at radius 2 is 1.76 bits per heavy atom. The zero-order chi connectivity index (χ0) is 18.2. The summed E-state index contributed by atoms with van der Waals surface area (Å²) >= 11 is 0. The molecule has 0 radical (unpaired) electrons. The van der Waals surface area contributed by atoms with Gasteiger partial charge in [0.1, 0.15) is 11.4 Å². The Morgan fingerprint density at radius 1 is 1.16 bits per heavy atom. The van der Waals surface area contributed by atoms with Gasteiger partial charge < -0.3 is 5.32 Å². The Kier molecular flexibility index (Phi) is 4.54. The molecule has 2 aliphatic heterocycles. The monoisotopic (exact) mass is 369 g/mol. The lowest BCUT2D eigenvalue weighted by molar-refractivity contribution is -0.133. The van der Waals surface area contributed by atoms with Gasteiger partial charge in [-0.15, -0.1) is 0 Å². The zero-order valence-corrected chi connectivity index (χ0v) is 14.7. The molecule has 2 heterocycles. The molecule has 0 aliphatic carbocycles. The van der Waals surface area contributed by atoms with Crippen LogP contribution in [0.2, 0.25) is 0 Å². The van der Waals surface area contributed by atoms with E-state index in [9.17, 15) is 22.4 Å². The molecule has 1 spiro atoms. The van der Waals surface area contributed by atoms with Crippen molar-refractivity contribution in [3.8, 4) is 0 Å². The summed E-state index contributed by atoms with van der Waals surface area (Å²) < 4.78 is 38.2. The van der Waals surface area contributed by atoms with Gasteiger partial charge in [0, 0.05) is 13.1 Å². The van der Waals surface area contributed by atoms with E-state index in [1.54, 1.807) is 6.92 Å². The van der Waals surface area contributed by atoms with E-state index in [0.29, 0.717) is 5.56 Å². The minimum absolute atomic E-state index is 0.0109. The molecular weight excluding hydrogens is 349 g/mol. The summed E-state index contributed by atoms with van der Waals surface area (Å²) in [7, 11) is -3.30. The highest BCUT2D eigenvalue weighted by Gasteiger charge is 2.53. The van der Waals surface area contributed by atoms with Crippen LogP contribution < -0.4 is 5.32 Å². The highest BCUT2D eigenvalue weighted by molar-refractivity contribution is 7.89. The van der Waals surface area contributed by atoms with Crippen LogP contribution in [0.25, 0.3) is 0 Å². The van der Waals surface area contributed by atoms with Crippen LogP contribution in [0.15, 0.2) is 24.3 Å². The molecule has 3 rings (SSSR count). The smallest absolute Gasteiger partial charge is 0.323 e. The molecule has 0 saturated carbocycles. The van der Waals surface area contributed by atoms with E-state index in [1.807, 2.05) is 0 Å². The van der Waals surface area contributed by atoms with Gasteiger partial charge in [0.15, 0.2) is 0 Å². The van der Waals surface area contributed by atoms with Crippen LogP contribution in [0, 0.1) is 5.82 Å². The second-order valence-electron chi connectivity index (χ2n) is 6.33. The van der Waals surface area contributed by atoms with Crippen molar-refractivity contribution in [1.82, 2.24) is 14.5 Å². The molecule has 9 heteroatoms. The van der Waals surface area contributed by atoms with Crippen molar-refractivity contribution in [3.05, 3.63) is 35.6 Å². The van der Waals surface area contributed by atoms with Gasteiger partial charge in [-0.2, -0.15) is 0 Å². The van der Waals surface area contributed by atoms with Crippen LogP contribution in [-0.4, -0.2) is 53.9 Å². The van der Waals surface area contributed by atoms with Gasteiger partial charge in [0.2, 0.25) is 10.0 Å². The van der Waals surface area contributed by atoms with Crippen LogP contribution in [0.5, 0.6) is 0 Å². The number of piperidine rings is 1. The maximum Gasteiger partial charge on any atom is 0.325 e. The SMILES string of the molecule is CCS(=O)(=O)N1CCC2(CC1)NC(=O)N(Cc1ccc(F)cc1)C2=O. The predicted molar refractivity (Wildman–Crippen MR) is 88.5 cm³/mol. The first kappa shape index (κ1) is 17.8. The number of sulfonamides is 1.